The highest BCUT2D eigenvalue weighted by molar-refractivity contribution is 6.17. The predicted molar refractivity (Wildman–Crippen MR) is 59.8 cm³/mol. The van der Waals surface area contributed by atoms with Crippen molar-refractivity contribution in [3.05, 3.63) is 41.7 Å². The number of alkyl halides is 1. The Labute approximate surface area is 89.8 Å². The van der Waals surface area contributed by atoms with Crippen molar-refractivity contribution in [2.24, 2.45) is 0 Å². The van der Waals surface area contributed by atoms with Crippen molar-refractivity contribution >= 4 is 11.6 Å². The van der Waals surface area contributed by atoms with Gasteiger partial charge in [0.25, 0.3) is 0 Å². The van der Waals surface area contributed by atoms with Gasteiger partial charge in [-0.05, 0) is 30.9 Å². The van der Waals surface area contributed by atoms with Gasteiger partial charge in [0.2, 0.25) is 0 Å². The molecule has 1 aromatic rings. The minimum absolute atomic E-state index is 0.523. The van der Waals surface area contributed by atoms with Crippen LogP contribution in [-0.4, -0.2) is 10.9 Å². The summed E-state index contributed by atoms with van der Waals surface area (Å²) in [7, 11) is 0. The lowest BCUT2D eigenvalue weighted by Crippen LogP contribution is -1.92. The lowest BCUT2D eigenvalue weighted by molar-refractivity contribution is 0.794. The van der Waals surface area contributed by atoms with E-state index in [9.17, 15) is 0 Å². The molecule has 0 bridgehead atoms. The monoisotopic (exact) mass is 207 g/mol. The van der Waals surface area contributed by atoms with Crippen molar-refractivity contribution in [2.45, 2.75) is 25.2 Å². The molecule has 0 fully saturated rings. The molecule has 1 atom stereocenters. The second-order valence-electron chi connectivity index (χ2n) is 3.60. The number of hydrogen-bond donors (Lipinski definition) is 0. The first kappa shape index (κ1) is 9.72. The summed E-state index contributed by atoms with van der Waals surface area (Å²) in [5, 5.41) is 0. The minimum atomic E-state index is 0.523. The third-order valence-electron chi connectivity index (χ3n) is 2.65. The molecule has 0 spiro atoms. The fourth-order valence-corrected chi connectivity index (χ4v) is 2.08. The Kier molecular flexibility index (Phi) is 3.20. The number of allylic oxidation sites excluding steroid dienone is 2. The zero-order valence-corrected chi connectivity index (χ0v) is 8.87. The van der Waals surface area contributed by atoms with E-state index in [1.54, 1.807) is 0 Å². The molecular formula is C12H14ClN. The zero-order valence-electron chi connectivity index (χ0n) is 8.12. The van der Waals surface area contributed by atoms with Crippen molar-refractivity contribution in [2.75, 3.05) is 5.88 Å². The van der Waals surface area contributed by atoms with Crippen LogP contribution in [0.5, 0.6) is 0 Å². The lowest BCUT2D eigenvalue weighted by Gasteiger charge is -2.03. The number of aromatic nitrogens is 1. The van der Waals surface area contributed by atoms with Crippen molar-refractivity contribution in [3.63, 3.8) is 0 Å². The molecular weight excluding hydrogens is 194 g/mol. The average molecular weight is 208 g/mol. The van der Waals surface area contributed by atoms with E-state index >= 15 is 0 Å². The van der Waals surface area contributed by atoms with Gasteiger partial charge in [-0.15, -0.1) is 11.6 Å². The van der Waals surface area contributed by atoms with Gasteiger partial charge in [-0.1, -0.05) is 18.2 Å². The number of rotatable bonds is 3. The van der Waals surface area contributed by atoms with Crippen molar-refractivity contribution < 1.29 is 0 Å². The Balaban J connectivity index is 2.10. The summed E-state index contributed by atoms with van der Waals surface area (Å²) in [4.78, 5) is 4.44. The van der Waals surface area contributed by atoms with Crippen LogP contribution in [0.2, 0.25) is 0 Å². The average Bonchev–Trinajstić information content (AvgIpc) is 2.63. The highest BCUT2D eigenvalue weighted by atomic mass is 35.5. The molecule has 1 aromatic heterocycles. The molecule has 2 rings (SSSR count). The zero-order chi connectivity index (χ0) is 9.80. The maximum Gasteiger partial charge on any atom is 0.0504 e. The van der Waals surface area contributed by atoms with E-state index in [1.807, 2.05) is 12.3 Å². The number of fused-ring (bicyclic) bond motifs is 1. The maximum atomic E-state index is 5.62. The van der Waals surface area contributed by atoms with Crippen LogP contribution in [0.25, 0.3) is 0 Å². The van der Waals surface area contributed by atoms with Gasteiger partial charge in [0, 0.05) is 18.0 Å². The molecule has 0 aliphatic heterocycles. The second-order valence-corrected chi connectivity index (χ2v) is 3.98. The first-order chi connectivity index (χ1) is 6.92. The van der Waals surface area contributed by atoms with Gasteiger partial charge in [0.05, 0.1) is 5.69 Å². The van der Waals surface area contributed by atoms with Gasteiger partial charge in [0.15, 0.2) is 0 Å². The normalized spacial score (nSPS) is 20.2. The van der Waals surface area contributed by atoms with Gasteiger partial charge in [-0.3, -0.25) is 4.98 Å². The fourth-order valence-electron chi connectivity index (χ4n) is 1.95. The summed E-state index contributed by atoms with van der Waals surface area (Å²) in [6.07, 6.45) is 9.62. The summed E-state index contributed by atoms with van der Waals surface area (Å²) in [6.45, 7) is 0. The molecule has 0 radical (unpaired) electrons. The summed E-state index contributed by atoms with van der Waals surface area (Å²) < 4.78 is 0. The molecule has 0 saturated heterocycles. The highest BCUT2D eigenvalue weighted by Gasteiger charge is 2.20. The van der Waals surface area contributed by atoms with Crippen LogP contribution in [0.15, 0.2) is 30.5 Å². The summed E-state index contributed by atoms with van der Waals surface area (Å²) in [6, 6.07) is 4.20. The highest BCUT2D eigenvalue weighted by Crippen LogP contribution is 2.31. The van der Waals surface area contributed by atoms with Gasteiger partial charge in [-0.2, -0.15) is 0 Å². The Morgan fingerprint density at radius 3 is 3.36 bits per heavy atom. The molecule has 1 aliphatic rings. The molecule has 74 valence electrons. The molecule has 0 aromatic carbocycles. The first-order valence-electron chi connectivity index (χ1n) is 5.08. The summed E-state index contributed by atoms with van der Waals surface area (Å²) in [5.41, 5.74) is 2.67. The van der Waals surface area contributed by atoms with Gasteiger partial charge in [-0.25, -0.2) is 0 Å². The molecule has 0 N–H and O–H groups in total. The van der Waals surface area contributed by atoms with Gasteiger partial charge >= 0.3 is 0 Å². The molecule has 1 aliphatic carbocycles. The van der Waals surface area contributed by atoms with Gasteiger partial charge < -0.3 is 0 Å². The number of aryl methyl sites for hydroxylation is 1. The van der Waals surface area contributed by atoms with Crippen molar-refractivity contribution in [3.8, 4) is 0 Å². The molecule has 0 saturated carbocycles. The Morgan fingerprint density at radius 1 is 1.57 bits per heavy atom. The van der Waals surface area contributed by atoms with E-state index in [0.29, 0.717) is 11.8 Å². The van der Waals surface area contributed by atoms with Crippen LogP contribution < -0.4 is 0 Å². The van der Waals surface area contributed by atoms with E-state index in [-0.39, 0.29) is 0 Å². The standard InChI is InChI=1S/C12H14ClN/c13-8-2-1-4-10-6-7-11-5-3-9-14-12(10)11/h1,3-5,9-10H,2,6-8H2/b4-1+. The first-order valence-corrected chi connectivity index (χ1v) is 5.61. The van der Waals surface area contributed by atoms with Crippen molar-refractivity contribution in [1.82, 2.24) is 4.98 Å². The number of halogens is 1. The predicted octanol–water partition coefficient (Wildman–Crippen LogP) is 3.30. The molecule has 2 heteroatoms. The van der Waals surface area contributed by atoms with E-state index in [4.69, 9.17) is 11.6 Å². The number of nitrogens with zero attached hydrogens (tertiary/aromatic N) is 1. The molecule has 1 unspecified atom stereocenters. The van der Waals surface area contributed by atoms with Crippen LogP contribution in [0.3, 0.4) is 0 Å². The molecule has 0 amide bonds. The van der Waals surface area contributed by atoms with E-state index in [0.717, 1.165) is 6.42 Å². The third-order valence-corrected chi connectivity index (χ3v) is 2.86. The van der Waals surface area contributed by atoms with E-state index in [1.165, 1.54) is 24.1 Å². The van der Waals surface area contributed by atoms with Crippen LogP contribution in [0.4, 0.5) is 0 Å². The SMILES string of the molecule is ClCC/C=C/C1CCc2cccnc21. The van der Waals surface area contributed by atoms with Crippen LogP contribution >= 0.6 is 11.6 Å². The van der Waals surface area contributed by atoms with E-state index in [2.05, 4.69) is 23.2 Å². The maximum absolute atomic E-state index is 5.62. The van der Waals surface area contributed by atoms with Gasteiger partial charge in [0.1, 0.15) is 0 Å². The Bertz CT molecular complexity index is 333. The second kappa shape index (κ2) is 4.61. The number of hydrogen-bond acceptors (Lipinski definition) is 1. The van der Waals surface area contributed by atoms with Crippen molar-refractivity contribution in [1.29, 1.82) is 0 Å². The largest absolute Gasteiger partial charge is 0.260 e. The van der Waals surface area contributed by atoms with Crippen LogP contribution in [-0.2, 0) is 6.42 Å². The number of pyridine rings is 1. The molecule has 14 heavy (non-hydrogen) atoms. The smallest absolute Gasteiger partial charge is 0.0504 e. The van der Waals surface area contributed by atoms with E-state index < -0.39 is 0 Å². The fraction of sp³-hybridized carbons (Fsp3) is 0.417. The molecule has 1 heterocycles. The Morgan fingerprint density at radius 2 is 2.50 bits per heavy atom. The van der Waals surface area contributed by atoms with Crippen LogP contribution in [0, 0.1) is 0 Å². The minimum Gasteiger partial charge on any atom is -0.260 e. The molecule has 1 nitrogen and oxygen atoms in total. The summed E-state index contributed by atoms with van der Waals surface area (Å²) in [5.74, 6) is 1.23. The van der Waals surface area contributed by atoms with Crippen LogP contribution in [0.1, 0.15) is 30.0 Å². The Hall–Kier alpha value is -0.820. The summed E-state index contributed by atoms with van der Waals surface area (Å²) >= 11 is 5.62. The quantitative estimate of drug-likeness (QED) is 0.548. The topological polar surface area (TPSA) is 12.9 Å². The lowest BCUT2D eigenvalue weighted by atomic mass is 10.1. The third kappa shape index (κ3) is 1.98.